The van der Waals surface area contributed by atoms with Crippen molar-refractivity contribution in [1.82, 2.24) is 0 Å². The van der Waals surface area contributed by atoms with Crippen molar-refractivity contribution in [2.24, 2.45) is 0 Å². The second-order valence-corrected chi connectivity index (χ2v) is 12.1. The molecular weight excluding hydrogens is 565 g/mol. The molecule has 1 aliphatic rings. The van der Waals surface area contributed by atoms with Crippen LogP contribution in [0.1, 0.15) is 28.7 Å². The number of fused-ring (bicyclic) bond motifs is 3. The maximum absolute atomic E-state index is 4.43. The maximum Gasteiger partial charge on any atom is -0.00264 e. The van der Waals surface area contributed by atoms with Crippen LogP contribution in [0.15, 0.2) is 189 Å². The Balaban J connectivity index is 1.36. The maximum atomic E-state index is 4.43. The van der Waals surface area contributed by atoms with Crippen molar-refractivity contribution in [1.29, 1.82) is 0 Å². The summed E-state index contributed by atoms with van der Waals surface area (Å²) in [7, 11) is 0. The predicted molar refractivity (Wildman–Crippen MR) is 203 cm³/mol. The van der Waals surface area contributed by atoms with Gasteiger partial charge in [0.1, 0.15) is 0 Å². The normalized spacial score (nSPS) is 16.1. The highest BCUT2D eigenvalue weighted by Gasteiger charge is 2.19. The molecule has 0 heterocycles. The highest BCUT2D eigenvalue weighted by atomic mass is 14.2. The van der Waals surface area contributed by atoms with Gasteiger partial charge >= 0.3 is 0 Å². The monoisotopic (exact) mass is 598 g/mol. The molecule has 7 aromatic rings. The van der Waals surface area contributed by atoms with Gasteiger partial charge in [-0.05, 0) is 89.2 Å². The topological polar surface area (TPSA) is 0 Å². The van der Waals surface area contributed by atoms with E-state index in [0.29, 0.717) is 0 Å². The Morgan fingerprint density at radius 2 is 0.830 bits per heavy atom. The Bertz CT molecular complexity index is 2290. The summed E-state index contributed by atoms with van der Waals surface area (Å²) in [5, 5.41) is 5.08. The van der Waals surface area contributed by atoms with Gasteiger partial charge in [0.05, 0.1) is 0 Å². The third-order valence-electron chi connectivity index (χ3n) is 9.29. The van der Waals surface area contributed by atoms with E-state index >= 15 is 0 Å². The number of benzene rings is 7. The third-order valence-corrected chi connectivity index (χ3v) is 9.29. The lowest BCUT2D eigenvalue weighted by molar-refractivity contribution is 1.37. The Morgan fingerprint density at radius 1 is 0.383 bits per heavy atom. The van der Waals surface area contributed by atoms with E-state index in [1.807, 2.05) is 0 Å². The van der Waals surface area contributed by atoms with Gasteiger partial charge in [0.2, 0.25) is 0 Å². The zero-order chi connectivity index (χ0) is 31.6. The molecule has 0 N–H and O–H groups in total. The summed E-state index contributed by atoms with van der Waals surface area (Å²) in [6, 6.07) is 57.2. The zero-order valence-corrected chi connectivity index (χ0v) is 26.2. The molecule has 0 atom stereocenters. The van der Waals surface area contributed by atoms with Crippen molar-refractivity contribution in [2.75, 3.05) is 0 Å². The smallest absolute Gasteiger partial charge is 0.00264 e. The van der Waals surface area contributed by atoms with E-state index in [2.05, 4.69) is 189 Å². The average Bonchev–Trinajstić information content (AvgIpc) is 3.14. The van der Waals surface area contributed by atoms with E-state index in [9.17, 15) is 0 Å². The lowest BCUT2D eigenvalue weighted by atomic mass is 9.83. The second-order valence-electron chi connectivity index (χ2n) is 12.1. The largest absolute Gasteiger partial charge is 0.0911 e. The van der Waals surface area contributed by atoms with Crippen molar-refractivity contribution in [3.63, 3.8) is 0 Å². The molecule has 0 spiro atoms. The minimum atomic E-state index is 0.812. The van der Waals surface area contributed by atoms with E-state index in [0.717, 1.165) is 17.6 Å². The van der Waals surface area contributed by atoms with Gasteiger partial charge in [-0.25, -0.2) is 0 Å². The molecule has 0 amide bonds. The summed E-state index contributed by atoms with van der Waals surface area (Å²) in [6.45, 7) is 4.43. The first-order valence-electron chi connectivity index (χ1n) is 16.3. The van der Waals surface area contributed by atoms with E-state index in [1.165, 1.54) is 71.6 Å². The van der Waals surface area contributed by atoms with E-state index in [-0.39, 0.29) is 0 Å². The summed E-state index contributed by atoms with van der Waals surface area (Å²) in [5.74, 6) is 0. The van der Waals surface area contributed by atoms with Crippen molar-refractivity contribution in [3.8, 4) is 22.3 Å². The van der Waals surface area contributed by atoms with Crippen molar-refractivity contribution in [3.05, 3.63) is 211 Å². The molecule has 0 fully saturated rings. The quantitative estimate of drug-likeness (QED) is 0.177. The van der Waals surface area contributed by atoms with E-state index in [1.54, 1.807) is 0 Å². The van der Waals surface area contributed by atoms with E-state index in [4.69, 9.17) is 0 Å². The number of hydrogen-bond donors (Lipinski definition) is 0. The van der Waals surface area contributed by atoms with Crippen LogP contribution < -0.4 is 0 Å². The molecule has 8 rings (SSSR count). The molecule has 0 nitrogen and oxygen atoms in total. The summed E-state index contributed by atoms with van der Waals surface area (Å²) in [4.78, 5) is 0. The minimum Gasteiger partial charge on any atom is -0.0911 e. The number of hydrogen-bond acceptors (Lipinski definition) is 0. The van der Waals surface area contributed by atoms with Crippen LogP contribution in [-0.4, -0.2) is 0 Å². The molecule has 7 aromatic carbocycles. The van der Waals surface area contributed by atoms with Gasteiger partial charge in [0.25, 0.3) is 0 Å². The second kappa shape index (κ2) is 12.4. The Labute approximate surface area is 277 Å². The fourth-order valence-electron chi connectivity index (χ4n) is 7.16. The zero-order valence-electron chi connectivity index (χ0n) is 26.2. The summed E-state index contributed by atoms with van der Waals surface area (Å²) >= 11 is 0. The molecule has 0 unspecified atom stereocenters. The predicted octanol–water partition coefficient (Wildman–Crippen LogP) is 12.8. The first-order valence-corrected chi connectivity index (χ1v) is 16.3. The Kier molecular flexibility index (Phi) is 7.53. The summed E-state index contributed by atoms with van der Waals surface area (Å²) in [6.07, 6.45) is 9.42. The molecule has 0 radical (unpaired) electrons. The van der Waals surface area contributed by atoms with Crippen LogP contribution in [0.25, 0.3) is 60.5 Å². The number of rotatable bonds is 4. The summed E-state index contributed by atoms with van der Waals surface area (Å²) < 4.78 is 0. The first-order chi connectivity index (χ1) is 23.3. The highest BCUT2D eigenvalue weighted by Crippen LogP contribution is 2.44. The van der Waals surface area contributed by atoms with Crippen LogP contribution in [0.5, 0.6) is 0 Å². The molecule has 0 saturated heterocycles. The van der Waals surface area contributed by atoms with Crippen molar-refractivity contribution >= 4 is 38.3 Å². The molecule has 0 saturated carbocycles. The van der Waals surface area contributed by atoms with Gasteiger partial charge < -0.3 is 0 Å². The molecule has 0 heteroatoms. The molecule has 0 aromatic heterocycles. The molecule has 47 heavy (non-hydrogen) atoms. The van der Waals surface area contributed by atoms with Gasteiger partial charge in [0.15, 0.2) is 0 Å². The van der Waals surface area contributed by atoms with Crippen LogP contribution in [-0.2, 0) is 0 Å². The highest BCUT2D eigenvalue weighted by molar-refractivity contribution is 6.21. The van der Waals surface area contributed by atoms with Gasteiger partial charge in [-0.1, -0.05) is 189 Å². The first kappa shape index (κ1) is 28.5. The Morgan fingerprint density at radius 3 is 1.40 bits per heavy atom. The molecular formula is C47H34. The third kappa shape index (κ3) is 5.25. The van der Waals surface area contributed by atoms with Gasteiger partial charge in [0, 0.05) is 0 Å². The Hall–Kier alpha value is -5.98. The van der Waals surface area contributed by atoms with Crippen molar-refractivity contribution in [2.45, 2.75) is 6.42 Å². The SMILES string of the molecule is C=C1/C=C\C=C/C/C(c2ccc(-c3c4ccccc4c(-c4ccccc4)c4ccccc34)cc2)=C(/c2ccccc2)c2ccccc21. The fraction of sp³-hybridized carbons (Fsp3) is 0.0213. The lowest BCUT2D eigenvalue weighted by Crippen LogP contribution is -1.99. The minimum absolute atomic E-state index is 0.812. The van der Waals surface area contributed by atoms with Crippen LogP contribution in [0.3, 0.4) is 0 Å². The van der Waals surface area contributed by atoms with Gasteiger partial charge in [-0.15, -0.1) is 0 Å². The fourth-order valence-corrected chi connectivity index (χ4v) is 7.16. The average molecular weight is 599 g/mol. The van der Waals surface area contributed by atoms with Crippen LogP contribution in [0.4, 0.5) is 0 Å². The lowest BCUT2D eigenvalue weighted by Gasteiger charge is -2.21. The standard InChI is InChI=1S/C47H34/c1-33-17-5-2-10-23-39(45(35-18-6-3-7-19-35)40-24-12-11-22-38(33)40)34-29-31-37(32-30-34)47-43-27-15-13-25-41(43)46(36-20-8-4-9-21-36)42-26-14-16-28-44(42)47/h2-22,24-32H,1,23H2/b10-2-,17-5-,45-39+. The van der Waals surface area contributed by atoms with Crippen LogP contribution in [0.2, 0.25) is 0 Å². The van der Waals surface area contributed by atoms with Crippen LogP contribution >= 0.6 is 0 Å². The van der Waals surface area contributed by atoms with Gasteiger partial charge in [-0.3, -0.25) is 0 Å². The van der Waals surface area contributed by atoms with Crippen molar-refractivity contribution < 1.29 is 0 Å². The molecule has 0 bridgehead atoms. The number of allylic oxidation sites excluding steroid dienone is 6. The van der Waals surface area contributed by atoms with Crippen LogP contribution in [0, 0.1) is 0 Å². The summed E-state index contributed by atoms with van der Waals surface area (Å²) in [5.41, 5.74) is 13.4. The van der Waals surface area contributed by atoms with Gasteiger partial charge in [-0.2, -0.15) is 0 Å². The molecule has 0 aliphatic heterocycles. The molecule has 1 aliphatic carbocycles. The van der Waals surface area contributed by atoms with E-state index < -0.39 is 0 Å². The molecule has 222 valence electrons.